The van der Waals surface area contributed by atoms with Crippen LogP contribution in [0.4, 0.5) is 11.6 Å². The number of aliphatic imine (C=N–C) groups is 1. The number of aromatic nitrogens is 2. The van der Waals surface area contributed by atoms with Gasteiger partial charge in [0.15, 0.2) is 5.96 Å². The molecule has 1 aromatic heterocycles. The summed E-state index contributed by atoms with van der Waals surface area (Å²) in [4.78, 5) is 18.1. The molecule has 198 valence electrons. The number of benzene rings is 2. The number of anilines is 1. The summed E-state index contributed by atoms with van der Waals surface area (Å²) < 4.78 is 6.18. The van der Waals surface area contributed by atoms with Crippen molar-refractivity contribution in [2.24, 2.45) is 22.4 Å². The molecule has 1 fully saturated rings. The first-order valence-electron chi connectivity index (χ1n) is 12.9. The molecule has 0 atom stereocenters. The normalized spacial score (nSPS) is 14.9. The maximum absolute atomic E-state index is 6.28. The van der Waals surface area contributed by atoms with Crippen molar-refractivity contribution in [3.05, 3.63) is 47.5 Å². The molecular formula is C28H38ClN7O. The van der Waals surface area contributed by atoms with Crippen LogP contribution in [0.2, 0.25) is 5.02 Å². The largest absolute Gasteiger partial charge is 0.374 e. The standard InChI is InChI=1S/C28H38ClN7O/c1-19(2)11-16-37-28(3,4)18-35-12-14-36(15-13-35)22-8-5-20(6-9-22)25-23-17-21(29)7-10-24(23)32-27(33-25)34-26(30)31/h5-10,17,19H,11-16,18H2,1-4H3,(H4,30,31,32,33,34). The molecule has 0 bridgehead atoms. The van der Waals surface area contributed by atoms with Crippen molar-refractivity contribution in [3.63, 3.8) is 0 Å². The monoisotopic (exact) mass is 523 g/mol. The Hall–Kier alpha value is -2.94. The minimum Gasteiger partial charge on any atom is -0.374 e. The number of piperazine rings is 1. The number of halogens is 1. The van der Waals surface area contributed by atoms with Crippen LogP contribution in [-0.4, -0.2) is 65.8 Å². The van der Waals surface area contributed by atoms with Crippen LogP contribution in [0.15, 0.2) is 47.5 Å². The lowest BCUT2D eigenvalue weighted by Gasteiger charge is -2.39. The second-order valence-corrected chi connectivity index (χ2v) is 11.1. The van der Waals surface area contributed by atoms with Gasteiger partial charge in [-0.3, -0.25) is 4.90 Å². The van der Waals surface area contributed by atoms with E-state index in [2.05, 4.69) is 76.7 Å². The lowest BCUT2D eigenvalue weighted by Crippen LogP contribution is -2.51. The Morgan fingerprint density at radius 1 is 1.05 bits per heavy atom. The minimum atomic E-state index is -0.139. The summed E-state index contributed by atoms with van der Waals surface area (Å²) in [5, 5.41) is 1.47. The Morgan fingerprint density at radius 3 is 2.41 bits per heavy atom. The molecule has 0 aliphatic carbocycles. The highest BCUT2D eigenvalue weighted by Gasteiger charge is 2.25. The molecule has 0 saturated carbocycles. The van der Waals surface area contributed by atoms with E-state index < -0.39 is 0 Å². The molecule has 1 aliphatic rings. The smallest absolute Gasteiger partial charge is 0.253 e. The first-order chi connectivity index (χ1) is 17.6. The highest BCUT2D eigenvalue weighted by molar-refractivity contribution is 6.31. The summed E-state index contributed by atoms with van der Waals surface area (Å²) in [5.41, 5.74) is 14.6. The number of nitrogens with zero attached hydrogens (tertiary/aromatic N) is 5. The van der Waals surface area contributed by atoms with Crippen molar-refractivity contribution in [1.29, 1.82) is 0 Å². The number of hydrogen-bond donors (Lipinski definition) is 2. The molecular weight excluding hydrogens is 486 g/mol. The zero-order valence-electron chi connectivity index (χ0n) is 22.2. The number of fused-ring (bicyclic) bond motifs is 1. The van der Waals surface area contributed by atoms with Gasteiger partial charge >= 0.3 is 0 Å². The summed E-state index contributed by atoms with van der Waals surface area (Å²) in [6, 6.07) is 13.9. The van der Waals surface area contributed by atoms with Crippen LogP contribution >= 0.6 is 11.6 Å². The van der Waals surface area contributed by atoms with Gasteiger partial charge in [0.05, 0.1) is 16.8 Å². The van der Waals surface area contributed by atoms with Crippen molar-refractivity contribution >= 4 is 40.1 Å². The average molecular weight is 524 g/mol. The lowest BCUT2D eigenvalue weighted by molar-refractivity contribution is -0.0445. The van der Waals surface area contributed by atoms with Gasteiger partial charge < -0.3 is 21.1 Å². The van der Waals surface area contributed by atoms with Gasteiger partial charge in [-0.2, -0.15) is 4.99 Å². The van der Waals surface area contributed by atoms with E-state index in [1.165, 1.54) is 5.69 Å². The second kappa shape index (κ2) is 11.6. The topological polar surface area (TPSA) is 106 Å². The maximum atomic E-state index is 6.28. The molecule has 0 radical (unpaired) electrons. The Bertz CT molecular complexity index is 1230. The summed E-state index contributed by atoms with van der Waals surface area (Å²) in [5.74, 6) is 0.803. The summed E-state index contributed by atoms with van der Waals surface area (Å²) in [7, 11) is 0. The molecule has 0 spiro atoms. The van der Waals surface area contributed by atoms with Crippen LogP contribution in [0.1, 0.15) is 34.1 Å². The fraction of sp³-hybridized carbons (Fsp3) is 0.464. The van der Waals surface area contributed by atoms with Gasteiger partial charge in [-0.05, 0) is 56.5 Å². The van der Waals surface area contributed by atoms with Crippen LogP contribution in [0, 0.1) is 5.92 Å². The summed E-state index contributed by atoms with van der Waals surface area (Å²) >= 11 is 6.28. The average Bonchev–Trinajstić information content (AvgIpc) is 2.83. The SMILES string of the molecule is CC(C)CCOC(C)(C)CN1CCN(c2ccc(-c3nc(N=C(N)N)nc4ccc(Cl)cc34)cc2)CC1. The highest BCUT2D eigenvalue weighted by atomic mass is 35.5. The Morgan fingerprint density at radius 2 is 1.76 bits per heavy atom. The minimum absolute atomic E-state index is 0.0840. The zero-order valence-corrected chi connectivity index (χ0v) is 23.0. The van der Waals surface area contributed by atoms with Gasteiger partial charge in [0, 0.05) is 61.0 Å². The third-order valence-corrected chi connectivity index (χ3v) is 6.78. The zero-order chi connectivity index (χ0) is 26.6. The van der Waals surface area contributed by atoms with Crippen LogP contribution in [0.5, 0.6) is 0 Å². The van der Waals surface area contributed by atoms with E-state index in [9.17, 15) is 0 Å². The van der Waals surface area contributed by atoms with E-state index in [0.29, 0.717) is 10.9 Å². The third-order valence-electron chi connectivity index (χ3n) is 6.55. The molecule has 3 aromatic rings. The first-order valence-corrected chi connectivity index (χ1v) is 13.3. The van der Waals surface area contributed by atoms with E-state index in [-0.39, 0.29) is 17.5 Å². The molecule has 8 nitrogen and oxygen atoms in total. The molecule has 1 saturated heterocycles. The van der Waals surface area contributed by atoms with Gasteiger partial charge in [0.1, 0.15) is 0 Å². The van der Waals surface area contributed by atoms with Gasteiger partial charge in [0.25, 0.3) is 5.95 Å². The number of hydrogen-bond acceptors (Lipinski definition) is 6. The molecule has 2 heterocycles. The predicted octanol–water partition coefficient (Wildman–Crippen LogP) is 4.82. The molecule has 4 N–H and O–H groups in total. The number of ether oxygens (including phenoxy) is 1. The molecule has 0 amide bonds. The fourth-order valence-corrected chi connectivity index (χ4v) is 4.80. The predicted molar refractivity (Wildman–Crippen MR) is 154 cm³/mol. The Labute approximate surface area is 224 Å². The Balaban J connectivity index is 1.44. The van der Waals surface area contributed by atoms with Gasteiger partial charge in [-0.25, -0.2) is 9.97 Å². The number of nitrogens with two attached hydrogens (primary N) is 2. The van der Waals surface area contributed by atoms with E-state index in [1.807, 2.05) is 12.1 Å². The number of rotatable bonds is 9. The van der Waals surface area contributed by atoms with E-state index in [4.69, 9.17) is 27.8 Å². The van der Waals surface area contributed by atoms with Crippen molar-refractivity contribution < 1.29 is 4.74 Å². The number of guanidine groups is 1. The second-order valence-electron chi connectivity index (χ2n) is 10.7. The lowest BCUT2D eigenvalue weighted by atomic mass is 10.1. The quantitative estimate of drug-likeness (QED) is 0.306. The molecule has 1 aliphatic heterocycles. The molecule has 9 heteroatoms. The van der Waals surface area contributed by atoms with Gasteiger partial charge in [-0.1, -0.05) is 37.6 Å². The molecule has 0 unspecified atom stereocenters. The van der Waals surface area contributed by atoms with Crippen molar-refractivity contribution in [3.8, 4) is 11.3 Å². The highest BCUT2D eigenvalue weighted by Crippen LogP contribution is 2.31. The summed E-state index contributed by atoms with van der Waals surface area (Å²) in [6.45, 7) is 14.6. The van der Waals surface area contributed by atoms with Gasteiger partial charge in [0.2, 0.25) is 0 Å². The van der Waals surface area contributed by atoms with Gasteiger partial charge in [-0.15, -0.1) is 0 Å². The van der Waals surface area contributed by atoms with Crippen molar-refractivity contribution in [2.45, 2.75) is 39.7 Å². The third kappa shape index (κ3) is 7.31. The van der Waals surface area contributed by atoms with E-state index in [0.717, 1.165) is 67.9 Å². The Kier molecular flexibility index (Phi) is 8.52. The van der Waals surface area contributed by atoms with E-state index in [1.54, 1.807) is 6.07 Å². The van der Waals surface area contributed by atoms with Crippen molar-refractivity contribution in [1.82, 2.24) is 14.9 Å². The van der Waals surface area contributed by atoms with Crippen LogP contribution in [0.3, 0.4) is 0 Å². The van der Waals surface area contributed by atoms with Crippen LogP contribution in [-0.2, 0) is 4.74 Å². The van der Waals surface area contributed by atoms with Crippen LogP contribution in [0.25, 0.3) is 22.2 Å². The first kappa shape index (κ1) is 27.1. The molecule has 2 aromatic carbocycles. The maximum Gasteiger partial charge on any atom is 0.253 e. The van der Waals surface area contributed by atoms with E-state index >= 15 is 0 Å². The van der Waals surface area contributed by atoms with Crippen molar-refractivity contribution in [2.75, 3.05) is 44.2 Å². The molecule has 37 heavy (non-hydrogen) atoms. The molecule has 4 rings (SSSR count). The summed E-state index contributed by atoms with van der Waals surface area (Å²) in [6.07, 6.45) is 1.10. The fourth-order valence-electron chi connectivity index (χ4n) is 4.62. The van der Waals surface area contributed by atoms with Crippen LogP contribution < -0.4 is 16.4 Å².